The summed E-state index contributed by atoms with van der Waals surface area (Å²) in [4.78, 5) is 16.4. The molecule has 0 radical (unpaired) electrons. The number of hydrogen-bond donors (Lipinski definition) is 2. The molecule has 0 fully saturated rings. The summed E-state index contributed by atoms with van der Waals surface area (Å²) in [5, 5.41) is 6.36. The van der Waals surface area contributed by atoms with E-state index in [1.165, 1.54) is 0 Å². The largest absolute Gasteiger partial charge is 0.370 e. The third-order valence-corrected chi connectivity index (χ3v) is 2.93. The molecule has 0 saturated heterocycles. The Kier molecular flexibility index (Phi) is 6.09. The fraction of sp³-hybridized carbons (Fsp3) is 0.571. The van der Waals surface area contributed by atoms with Crippen LogP contribution in [-0.4, -0.2) is 23.5 Å². The zero-order valence-corrected chi connectivity index (χ0v) is 12.7. The van der Waals surface area contributed by atoms with Gasteiger partial charge in [0, 0.05) is 12.6 Å². The summed E-state index contributed by atoms with van der Waals surface area (Å²) in [6.07, 6.45) is 0.927. The molecule has 0 aliphatic rings. The smallest absolute Gasteiger partial charge is 0.271 e. The minimum absolute atomic E-state index is 0.105. The maximum atomic E-state index is 12.1. The Balaban J connectivity index is 2.78. The number of carbonyl (C=O) groups is 1. The van der Waals surface area contributed by atoms with Gasteiger partial charge < -0.3 is 10.6 Å². The SMILES string of the molecule is CCNc1ccc(Cl)c(C(=O)NC(C)CC(C)C)n1. The molecule has 1 unspecified atom stereocenters. The third-order valence-electron chi connectivity index (χ3n) is 2.62. The van der Waals surface area contributed by atoms with Gasteiger partial charge in [-0.1, -0.05) is 25.4 Å². The van der Waals surface area contributed by atoms with E-state index in [-0.39, 0.29) is 17.6 Å². The van der Waals surface area contributed by atoms with E-state index in [9.17, 15) is 4.79 Å². The first-order valence-electron chi connectivity index (χ1n) is 6.65. The number of anilines is 1. The van der Waals surface area contributed by atoms with E-state index in [0.29, 0.717) is 16.8 Å². The molecule has 19 heavy (non-hydrogen) atoms. The number of nitrogens with zero attached hydrogens (tertiary/aromatic N) is 1. The number of aromatic nitrogens is 1. The molecule has 1 amide bonds. The van der Waals surface area contributed by atoms with Gasteiger partial charge in [-0.2, -0.15) is 0 Å². The fourth-order valence-electron chi connectivity index (χ4n) is 1.94. The molecule has 1 atom stereocenters. The molecule has 0 saturated carbocycles. The van der Waals surface area contributed by atoms with Crippen LogP contribution in [0.2, 0.25) is 5.02 Å². The second-order valence-corrected chi connectivity index (χ2v) is 5.47. The highest BCUT2D eigenvalue weighted by molar-refractivity contribution is 6.33. The summed E-state index contributed by atoms with van der Waals surface area (Å²) in [6.45, 7) is 8.96. The van der Waals surface area contributed by atoms with Crippen LogP contribution in [0.1, 0.15) is 44.6 Å². The molecule has 106 valence electrons. The molecular formula is C14H22ClN3O. The highest BCUT2D eigenvalue weighted by Gasteiger charge is 2.16. The summed E-state index contributed by atoms with van der Waals surface area (Å²) >= 11 is 6.03. The van der Waals surface area contributed by atoms with Crippen molar-refractivity contribution >= 4 is 23.3 Å². The Hall–Kier alpha value is -1.29. The lowest BCUT2D eigenvalue weighted by atomic mass is 10.1. The number of rotatable bonds is 6. The summed E-state index contributed by atoms with van der Waals surface area (Å²) in [5.74, 6) is 0.971. The first-order valence-corrected chi connectivity index (χ1v) is 7.03. The molecule has 1 rings (SSSR count). The average molecular weight is 284 g/mol. The van der Waals surface area contributed by atoms with Crippen molar-refractivity contribution < 1.29 is 4.79 Å². The van der Waals surface area contributed by atoms with Crippen molar-refractivity contribution in [3.05, 3.63) is 22.8 Å². The summed E-state index contributed by atoms with van der Waals surface area (Å²) in [6, 6.07) is 3.56. The normalized spacial score (nSPS) is 12.3. The third kappa shape index (κ3) is 5.07. The van der Waals surface area contributed by atoms with E-state index in [4.69, 9.17) is 11.6 Å². The van der Waals surface area contributed by atoms with E-state index in [1.807, 2.05) is 13.8 Å². The zero-order chi connectivity index (χ0) is 14.4. The van der Waals surface area contributed by atoms with E-state index >= 15 is 0 Å². The lowest BCUT2D eigenvalue weighted by molar-refractivity contribution is 0.0931. The molecule has 1 aromatic heterocycles. The summed E-state index contributed by atoms with van der Waals surface area (Å²) in [5.41, 5.74) is 0.274. The van der Waals surface area contributed by atoms with Crippen molar-refractivity contribution in [2.75, 3.05) is 11.9 Å². The van der Waals surface area contributed by atoms with Gasteiger partial charge in [0.25, 0.3) is 5.91 Å². The van der Waals surface area contributed by atoms with Crippen molar-refractivity contribution in [2.24, 2.45) is 5.92 Å². The van der Waals surface area contributed by atoms with E-state index < -0.39 is 0 Å². The van der Waals surface area contributed by atoms with Gasteiger partial charge in [-0.15, -0.1) is 0 Å². The van der Waals surface area contributed by atoms with Crippen molar-refractivity contribution in [2.45, 2.75) is 40.2 Å². The number of halogens is 1. The Bertz CT molecular complexity index is 435. The molecule has 0 aromatic carbocycles. The topological polar surface area (TPSA) is 54.0 Å². The summed E-state index contributed by atoms with van der Waals surface area (Å²) < 4.78 is 0. The van der Waals surface area contributed by atoms with Crippen molar-refractivity contribution in [3.63, 3.8) is 0 Å². The van der Waals surface area contributed by atoms with Gasteiger partial charge in [0.1, 0.15) is 11.5 Å². The van der Waals surface area contributed by atoms with E-state index in [2.05, 4.69) is 29.5 Å². The standard InChI is InChI=1S/C14H22ClN3O/c1-5-16-12-7-6-11(15)13(18-12)14(19)17-10(4)8-9(2)3/h6-7,9-10H,5,8H2,1-4H3,(H,16,18)(H,17,19). The Morgan fingerprint density at radius 1 is 1.37 bits per heavy atom. The quantitative estimate of drug-likeness (QED) is 0.842. The van der Waals surface area contributed by atoms with Crippen molar-refractivity contribution in [1.29, 1.82) is 0 Å². The maximum absolute atomic E-state index is 12.1. The monoisotopic (exact) mass is 283 g/mol. The summed E-state index contributed by atoms with van der Waals surface area (Å²) in [7, 11) is 0. The lowest BCUT2D eigenvalue weighted by Crippen LogP contribution is -2.34. The molecule has 2 N–H and O–H groups in total. The molecular weight excluding hydrogens is 262 g/mol. The van der Waals surface area contributed by atoms with E-state index in [0.717, 1.165) is 13.0 Å². The number of hydrogen-bond acceptors (Lipinski definition) is 3. The van der Waals surface area contributed by atoms with Gasteiger partial charge in [-0.05, 0) is 38.3 Å². The Morgan fingerprint density at radius 2 is 2.05 bits per heavy atom. The van der Waals surface area contributed by atoms with Crippen LogP contribution in [0.4, 0.5) is 5.82 Å². The predicted octanol–water partition coefficient (Wildman–Crippen LogP) is 3.33. The second-order valence-electron chi connectivity index (χ2n) is 5.06. The molecule has 5 heteroatoms. The van der Waals surface area contributed by atoms with Crippen LogP contribution < -0.4 is 10.6 Å². The first-order chi connectivity index (χ1) is 8.93. The van der Waals surface area contributed by atoms with Crippen molar-refractivity contribution in [3.8, 4) is 0 Å². The van der Waals surface area contributed by atoms with Crippen LogP contribution in [0.5, 0.6) is 0 Å². The minimum atomic E-state index is -0.224. The van der Waals surface area contributed by atoms with Gasteiger partial charge in [0.05, 0.1) is 5.02 Å². The fourth-order valence-corrected chi connectivity index (χ4v) is 2.13. The van der Waals surface area contributed by atoms with Crippen LogP contribution in [0.25, 0.3) is 0 Å². The van der Waals surface area contributed by atoms with Gasteiger partial charge in [-0.25, -0.2) is 4.98 Å². The second kappa shape index (κ2) is 7.34. The van der Waals surface area contributed by atoms with Crippen LogP contribution >= 0.6 is 11.6 Å². The zero-order valence-electron chi connectivity index (χ0n) is 12.0. The molecule has 0 spiro atoms. The number of nitrogens with one attached hydrogen (secondary N) is 2. The molecule has 1 heterocycles. The number of pyridine rings is 1. The lowest BCUT2D eigenvalue weighted by Gasteiger charge is -2.16. The first kappa shape index (κ1) is 15.8. The highest BCUT2D eigenvalue weighted by Crippen LogP contribution is 2.17. The highest BCUT2D eigenvalue weighted by atomic mass is 35.5. The van der Waals surface area contributed by atoms with E-state index in [1.54, 1.807) is 12.1 Å². The van der Waals surface area contributed by atoms with Gasteiger partial charge in [0.15, 0.2) is 0 Å². The van der Waals surface area contributed by atoms with Crippen LogP contribution in [-0.2, 0) is 0 Å². The average Bonchev–Trinajstić information content (AvgIpc) is 2.30. The molecule has 0 bridgehead atoms. The molecule has 1 aromatic rings. The van der Waals surface area contributed by atoms with Gasteiger partial charge >= 0.3 is 0 Å². The predicted molar refractivity (Wildman–Crippen MR) is 79.8 cm³/mol. The van der Waals surface area contributed by atoms with Crippen molar-refractivity contribution in [1.82, 2.24) is 10.3 Å². The molecule has 0 aliphatic heterocycles. The molecule has 4 nitrogen and oxygen atoms in total. The number of carbonyl (C=O) groups excluding carboxylic acids is 1. The van der Waals surface area contributed by atoms with Crippen LogP contribution in [0, 0.1) is 5.92 Å². The van der Waals surface area contributed by atoms with Gasteiger partial charge in [0.2, 0.25) is 0 Å². The van der Waals surface area contributed by atoms with Crippen LogP contribution in [0.3, 0.4) is 0 Å². The Morgan fingerprint density at radius 3 is 2.63 bits per heavy atom. The Labute approximate surface area is 120 Å². The maximum Gasteiger partial charge on any atom is 0.271 e. The molecule has 0 aliphatic carbocycles. The minimum Gasteiger partial charge on any atom is -0.370 e. The number of amides is 1. The van der Waals surface area contributed by atoms with Gasteiger partial charge in [-0.3, -0.25) is 4.79 Å². The van der Waals surface area contributed by atoms with Crippen LogP contribution in [0.15, 0.2) is 12.1 Å².